The zero-order valence-corrected chi connectivity index (χ0v) is 12.3. The Morgan fingerprint density at radius 2 is 1.89 bits per heavy atom. The maximum atomic E-state index is 13.6. The van der Waals surface area contributed by atoms with Gasteiger partial charge in [0, 0.05) is 25.3 Å². The van der Waals surface area contributed by atoms with E-state index in [1.807, 2.05) is 20.0 Å². The average Bonchev–Trinajstić information content (AvgIpc) is 2.18. The number of rotatable bonds is 3. The van der Waals surface area contributed by atoms with Gasteiger partial charge in [0.1, 0.15) is 5.82 Å². The monoisotopic (exact) mass is 252 g/mol. The van der Waals surface area contributed by atoms with E-state index in [1.54, 1.807) is 13.0 Å². The molecule has 0 aliphatic carbocycles. The second kappa shape index (κ2) is 5.27. The van der Waals surface area contributed by atoms with Crippen molar-refractivity contribution in [1.82, 2.24) is 0 Å². The van der Waals surface area contributed by atoms with Gasteiger partial charge in [0.15, 0.2) is 0 Å². The number of halogens is 1. The van der Waals surface area contributed by atoms with Crippen molar-refractivity contribution in [2.75, 3.05) is 18.5 Å². The lowest BCUT2D eigenvalue weighted by Crippen LogP contribution is -2.30. The summed E-state index contributed by atoms with van der Waals surface area (Å²) in [4.78, 5) is 2.16. The lowest BCUT2D eigenvalue weighted by atomic mass is 9.95. The molecule has 0 aromatic heterocycles. The molecule has 0 saturated carbocycles. The maximum Gasteiger partial charge on any atom is 0.126 e. The zero-order chi connectivity index (χ0) is 14.1. The molecule has 0 unspecified atom stereocenters. The van der Waals surface area contributed by atoms with Gasteiger partial charge in [0.05, 0.1) is 0 Å². The molecule has 0 fully saturated rings. The quantitative estimate of drug-likeness (QED) is 0.890. The molecule has 18 heavy (non-hydrogen) atoms. The minimum atomic E-state index is -0.185. The van der Waals surface area contributed by atoms with E-state index < -0.39 is 0 Å². The van der Waals surface area contributed by atoms with Crippen LogP contribution in [0.2, 0.25) is 0 Å². The number of aryl methyl sites for hydroxylation is 1. The van der Waals surface area contributed by atoms with Crippen molar-refractivity contribution in [3.8, 4) is 0 Å². The van der Waals surface area contributed by atoms with Crippen molar-refractivity contribution in [3.05, 3.63) is 29.1 Å². The first kappa shape index (κ1) is 15.0. The topological polar surface area (TPSA) is 29.3 Å². The second-order valence-electron chi connectivity index (χ2n) is 6.37. The van der Waals surface area contributed by atoms with Gasteiger partial charge in [-0.2, -0.15) is 0 Å². The van der Waals surface area contributed by atoms with Crippen LogP contribution >= 0.6 is 0 Å². The fourth-order valence-electron chi connectivity index (χ4n) is 2.17. The Balaban J connectivity index is 3.17. The van der Waals surface area contributed by atoms with Gasteiger partial charge in [-0.3, -0.25) is 0 Å². The molecule has 0 aliphatic rings. The van der Waals surface area contributed by atoms with Crippen LogP contribution in [0.5, 0.6) is 0 Å². The molecule has 0 amide bonds. The third-order valence-corrected chi connectivity index (χ3v) is 2.92. The van der Waals surface area contributed by atoms with Gasteiger partial charge in [0.25, 0.3) is 0 Å². The van der Waals surface area contributed by atoms with Gasteiger partial charge >= 0.3 is 0 Å². The molecule has 0 bridgehead atoms. The molecule has 1 aromatic rings. The summed E-state index contributed by atoms with van der Waals surface area (Å²) in [6.45, 7) is 11.1. The number of anilines is 1. The Labute approximate surface area is 110 Å². The normalized spacial score (nSPS) is 13.6. The van der Waals surface area contributed by atoms with Gasteiger partial charge in [-0.05, 0) is 42.5 Å². The lowest BCUT2D eigenvalue weighted by molar-refractivity contribution is 0.418. The van der Waals surface area contributed by atoms with Crippen molar-refractivity contribution in [3.63, 3.8) is 0 Å². The maximum absolute atomic E-state index is 13.6. The molecule has 1 atom stereocenters. The van der Waals surface area contributed by atoms with Gasteiger partial charge in [-0.15, -0.1) is 0 Å². The second-order valence-corrected chi connectivity index (χ2v) is 6.37. The van der Waals surface area contributed by atoms with Gasteiger partial charge in [-0.25, -0.2) is 4.39 Å². The van der Waals surface area contributed by atoms with Crippen LogP contribution in [0, 0.1) is 18.2 Å². The molecule has 2 N–H and O–H groups in total. The van der Waals surface area contributed by atoms with E-state index in [0.717, 1.165) is 17.8 Å². The lowest BCUT2D eigenvalue weighted by Gasteiger charge is -2.31. The van der Waals surface area contributed by atoms with Crippen LogP contribution in [0.4, 0.5) is 10.1 Å². The number of benzene rings is 1. The molecule has 0 radical (unpaired) electrons. The number of nitrogens with zero attached hydrogens (tertiary/aromatic N) is 1. The Bertz CT molecular complexity index is 419. The fourth-order valence-corrected chi connectivity index (χ4v) is 2.17. The summed E-state index contributed by atoms with van der Waals surface area (Å²) in [6, 6.07) is 3.28. The predicted octanol–water partition coefficient (Wildman–Crippen LogP) is 3.64. The van der Waals surface area contributed by atoms with Crippen LogP contribution in [0.15, 0.2) is 12.1 Å². The van der Waals surface area contributed by atoms with Crippen molar-refractivity contribution in [1.29, 1.82) is 0 Å². The molecular weight excluding hydrogens is 227 g/mol. The Morgan fingerprint density at radius 1 is 1.33 bits per heavy atom. The van der Waals surface area contributed by atoms with E-state index in [9.17, 15) is 4.39 Å². The Morgan fingerprint density at radius 3 is 2.33 bits per heavy atom. The zero-order valence-electron chi connectivity index (χ0n) is 12.3. The van der Waals surface area contributed by atoms with E-state index in [2.05, 4.69) is 25.7 Å². The van der Waals surface area contributed by atoms with E-state index in [-0.39, 0.29) is 17.3 Å². The summed E-state index contributed by atoms with van der Waals surface area (Å²) in [5.41, 5.74) is 8.68. The van der Waals surface area contributed by atoms with Crippen LogP contribution in [0.1, 0.15) is 44.9 Å². The molecule has 0 aliphatic heterocycles. The third-order valence-electron chi connectivity index (χ3n) is 2.92. The summed E-state index contributed by atoms with van der Waals surface area (Å²) in [7, 11) is 2.03. The molecule has 1 aromatic carbocycles. The van der Waals surface area contributed by atoms with E-state index in [1.165, 1.54) is 0 Å². The van der Waals surface area contributed by atoms with Gasteiger partial charge in [0.2, 0.25) is 0 Å². The van der Waals surface area contributed by atoms with Crippen LogP contribution < -0.4 is 10.6 Å². The predicted molar refractivity (Wildman–Crippen MR) is 76.5 cm³/mol. The van der Waals surface area contributed by atoms with Gasteiger partial charge in [-0.1, -0.05) is 20.8 Å². The standard InChI is InChI=1S/C15H25FN2/c1-10-7-14(18(6)9-15(3,4)5)12(11(2)17)8-13(10)16/h7-8,11H,9,17H2,1-6H3/t11-/m1/s1. The molecule has 0 saturated heterocycles. The molecule has 0 heterocycles. The smallest absolute Gasteiger partial charge is 0.126 e. The minimum Gasteiger partial charge on any atom is -0.374 e. The first-order valence-corrected chi connectivity index (χ1v) is 6.38. The summed E-state index contributed by atoms with van der Waals surface area (Å²) in [5.74, 6) is -0.185. The van der Waals surface area contributed by atoms with E-state index >= 15 is 0 Å². The number of hydrogen-bond donors (Lipinski definition) is 1. The first-order valence-electron chi connectivity index (χ1n) is 6.38. The van der Waals surface area contributed by atoms with Crippen LogP contribution in [-0.2, 0) is 0 Å². The average molecular weight is 252 g/mol. The van der Waals surface area contributed by atoms with Crippen LogP contribution in [0.25, 0.3) is 0 Å². The molecule has 3 heteroatoms. The highest BCUT2D eigenvalue weighted by atomic mass is 19.1. The van der Waals surface area contributed by atoms with Crippen LogP contribution in [-0.4, -0.2) is 13.6 Å². The Hall–Kier alpha value is -1.09. The SMILES string of the molecule is Cc1cc(N(C)CC(C)(C)C)c([C@@H](C)N)cc1F. The highest BCUT2D eigenvalue weighted by molar-refractivity contribution is 5.56. The van der Waals surface area contributed by atoms with Gasteiger partial charge < -0.3 is 10.6 Å². The summed E-state index contributed by atoms with van der Waals surface area (Å²) >= 11 is 0. The minimum absolute atomic E-state index is 0.169. The van der Waals surface area contributed by atoms with Crippen molar-refractivity contribution < 1.29 is 4.39 Å². The third kappa shape index (κ3) is 3.70. The highest BCUT2D eigenvalue weighted by Gasteiger charge is 2.18. The highest BCUT2D eigenvalue weighted by Crippen LogP contribution is 2.29. The Kier molecular flexibility index (Phi) is 4.38. The van der Waals surface area contributed by atoms with E-state index in [0.29, 0.717) is 5.56 Å². The first-order chi connectivity index (χ1) is 8.11. The van der Waals surface area contributed by atoms with Crippen molar-refractivity contribution in [2.24, 2.45) is 11.1 Å². The molecular formula is C15H25FN2. The molecule has 102 valence electrons. The molecule has 0 spiro atoms. The number of nitrogens with two attached hydrogens (primary N) is 1. The molecule has 2 nitrogen and oxygen atoms in total. The fraction of sp³-hybridized carbons (Fsp3) is 0.600. The largest absolute Gasteiger partial charge is 0.374 e. The van der Waals surface area contributed by atoms with Crippen molar-refractivity contribution >= 4 is 5.69 Å². The molecule has 1 rings (SSSR count). The summed E-state index contributed by atoms with van der Waals surface area (Å²) in [5, 5.41) is 0. The van der Waals surface area contributed by atoms with Crippen molar-refractivity contribution in [2.45, 2.75) is 40.7 Å². The number of hydrogen-bond acceptors (Lipinski definition) is 2. The van der Waals surface area contributed by atoms with E-state index in [4.69, 9.17) is 5.73 Å². The summed E-state index contributed by atoms with van der Waals surface area (Å²) < 4.78 is 13.6. The van der Waals surface area contributed by atoms with Crippen LogP contribution in [0.3, 0.4) is 0 Å². The summed E-state index contributed by atoms with van der Waals surface area (Å²) in [6.07, 6.45) is 0.